The van der Waals surface area contributed by atoms with Crippen molar-refractivity contribution in [3.8, 4) is 11.4 Å². The predicted octanol–water partition coefficient (Wildman–Crippen LogP) is -0.280. The lowest BCUT2D eigenvalue weighted by molar-refractivity contribution is -0.752. The van der Waals surface area contributed by atoms with Gasteiger partial charge in [0, 0.05) is 24.0 Å². The fourth-order valence-electron chi connectivity index (χ4n) is 2.01. The molecule has 0 amide bonds. The highest BCUT2D eigenvalue weighted by Crippen LogP contribution is 2.16. The first-order chi connectivity index (χ1) is 13.5. The molecule has 0 fully saturated rings. The van der Waals surface area contributed by atoms with Gasteiger partial charge < -0.3 is 4.74 Å². The molecule has 0 bridgehead atoms. The minimum absolute atomic E-state index is 0.0243. The predicted molar refractivity (Wildman–Crippen MR) is 89.0 cm³/mol. The van der Waals surface area contributed by atoms with Crippen LogP contribution in [0.3, 0.4) is 0 Å². The number of hydrogen-bond donors (Lipinski definition) is 0. The molecule has 29 heavy (non-hydrogen) atoms. The van der Waals surface area contributed by atoms with E-state index in [0.29, 0.717) is 15.7 Å². The van der Waals surface area contributed by atoms with E-state index in [1.807, 2.05) is 0 Å². The standard InChI is InChI=1S/C15H15F3N5O5S/c1-29(26,27)23(10-12(24)28-14(25)15(16,17)18)8-7-22-6-3-11(9-21-22)13-19-4-2-5-20-13/h2-6,9H,7-8,10H2,1H3/q+1. The second-order valence-electron chi connectivity index (χ2n) is 5.61. The topological polar surface area (TPSA) is 123 Å². The summed E-state index contributed by atoms with van der Waals surface area (Å²) in [6.45, 7) is -1.38. The first-order valence-electron chi connectivity index (χ1n) is 7.87. The second-order valence-corrected chi connectivity index (χ2v) is 7.59. The molecule has 0 spiro atoms. The van der Waals surface area contributed by atoms with Crippen LogP contribution in [0, 0.1) is 0 Å². The van der Waals surface area contributed by atoms with E-state index in [0.717, 1.165) is 6.26 Å². The highest BCUT2D eigenvalue weighted by Gasteiger charge is 2.42. The number of sulfonamides is 1. The van der Waals surface area contributed by atoms with Crippen molar-refractivity contribution in [1.29, 1.82) is 0 Å². The number of alkyl halides is 3. The normalized spacial score (nSPS) is 12.0. The number of carbonyl (C=O) groups is 2. The lowest BCUT2D eigenvalue weighted by Crippen LogP contribution is -2.46. The number of halogens is 3. The summed E-state index contributed by atoms with van der Waals surface area (Å²) >= 11 is 0. The minimum Gasteiger partial charge on any atom is -0.385 e. The van der Waals surface area contributed by atoms with Crippen LogP contribution in [-0.4, -0.2) is 65.2 Å². The Morgan fingerprint density at radius 1 is 1.24 bits per heavy atom. The Hall–Kier alpha value is -3.00. The van der Waals surface area contributed by atoms with Gasteiger partial charge in [-0.25, -0.2) is 23.2 Å². The molecule has 0 saturated carbocycles. The van der Waals surface area contributed by atoms with Gasteiger partial charge in [0.15, 0.2) is 18.6 Å². The highest BCUT2D eigenvalue weighted by atomic mass is 32.2. The molecular weight excluding hydrogens is 419 g/mol. The van der Waals surface area contributed by atoms with Crippen molar-refractivity contribution < 1.29 is 40.6 Å². The van der Waals surface area contributed by atoms with Crippen LogP contribution in [0.25, 0.3) is 11.4 Å². The SMILES string of the molecule is CS(=O)(=O)N(CC[n+]1ccc(-c2ncccn2)cn1)CC(=O)OC(=O)C(F)(F)F. The molecule has 0 radical (unpaired) electrons. The van der Waals surface area contributed by atoms with E-state index >= 15 is 0 Å². The zero-order valence-corrected chi connectivity index (χ0v) is 15.7. The van der Waals surface area contributed by atoms with Crippen LogP contribution in [-0.2, 0) is 30.9 Å². The Morgan fingerprint density at radius 2 is 1.90 bits per heavy atom. The summed E-state index contributed by atoms with van der Waals surface area (Å²) < 4.78 is 65.5. The Morgan fingerprint density at radius 3 is 2.41 bits per heavy atom. The maximum atomic E-state index is 12.1. The summed E-state index contributed by atoms with van der Waals surface area (Å²) in [5.74, 6) is -3.93. The molecule has 10 nitrogen and oxygen atoms in total. The third-order valence-electron chi connectivity index (χ3n) is 3.39. The van der Waals surface area contributed by atoms with Crippen molar-refractivity contribution in [1.82, 2.24) is 19.4 Å². The number of ether oxygens (including phenoxy) is 1. The zero-order chi connectivity index (χ0) is 21.7. The van der Waals surface area contributed by atoms with Crippen LogP contribution in [0.1, 0.15) is 0 Å². The van der Waals surface area contributed by atoms with Crippen molar-refractivity contribution in [2.75, 3.05) is 19.3 Å². The van der Waals surface area contributed by atoms with Crippen molar-refractivity contribution in [3.05, 3.63) is 36.9 Å². The highest BCUT2D eigenvalue weighted by molar-refractivity contribution is 7.88. The molecule has 0 aromatic carbocycles. The molecule has 2 rings (SSSR count). The van der Waals surface area contributed by atoms with Crippen LogP contribution in [0.2, 0.25) is 0 Å². The molecular formula is C15H15F3N5O5S+. The van der Waals surface area contributed by atoms with E-state index in [1.165, 1.54) is 17.1 Å². The maximum Gasteiger partial charge on any atom is 0.491 e. The summed E-state index contributed by atoms with van der Waals surface area (Å²) in [4.78, 5) is 30.3. The van der Waals surface area contributed by atoms with Gasteiger partial charge in [-0.2, -0.15) is 17.5 Å². The smallest absolute Gasteiger partial charge is 0.385 e. The average molecular weight is 434 g/mol. The van der Waals surface area contributed by atoms with Crippen LogP contribution in [0.15, 0.2) is 36.9 Å². The number of hydrogen-bond acceptors (Lipinski definition) is 8. The summed E-state index contributed by atoms with van der Waals surface area (Å²) in [7, 11) is -3.97. The number of esters is 2. The second kappa shape index (κ2) is 9.00. The van der Waals surface area contributed by atoms with Crippen molar-refractivity contribution in [2.45, 2.75) is 12.7 Å². The van der Waals surface area contributed by atoms with Crippen molar-refractivity contribution >= 4 is 22.0 Å². The summed E-state index contributed by atoms with van der Waals surface area (Å²) in [5.41, 5.74) is 0.607. The first kappa shape index (κ1) is 22.3. The van der Waals surface area contributed by atoms with Crippen LogP contribution < -0.4 is 4.68 Å². The van der Waals surface area contributed by atoms with Gasteiger partial charge >= 0.3 is 18.1 Å². The minimum atomic E-state index is -5.37. The quantitative estimate of drug-likeness (QED) is 0.331. The molecule has 0 N–H and O–H groups in total. The van der Waals surface area contributed by atoms with Crippen LogP contribution >= 0.6 is 0 Å². The van der Waals surface area contributed by atoms with Crippen LogP contribution in [0.5, 0.6) is 0 Å². The van der Waals surface area contributed by atoms with Crippen molar-refractivity contribution in [3.63, 3.8) is 0 Å². The fourth-order valence-corrected chi connectivity index (χ4v) is 2.76. The molecule has 14 heteroatoms. The summed E-state index contributed by atoms with van der Waals surface area (Å²) in [6, 6.07) is 3.27. The molecule has 2 aromatic rings. The van der Waals surface area contributed by atoms with Gasteiger partial charge in [-0.05, 0) is 11.2 Å². The lowest BCUT2D eigenvalue weighted by Gasteiger charge is -2.17. The number of nitrogens with zero attached hydrogens (tertiary/aromatic N) is 5. The van der Waals surface area contributed by atoms with Gasteiger partial charge in [-0.15, -0.1) is 0 Å². The first-order valence-corrected chi connectivity index (χ1v) is 9.72. The van der Waals surface area contributed by atoms with Gasteiger partial charge in [0.1, 0.15) is 12.7 Å². The Balaban J connectivity index is 2.00. The molecule has 0 unspecified atom stereocenters. The summed E-state index contributed by atoms with van der Waals surface area (Å²) in [5, 5.41) is 4.07. The fraction of sp³-hybridized carbons (Fsp3) is 0.333. The van der Waals surface area contributed by atoms with Crippen molar-refractivity contribution in [2.24, 2.45) is 0 Å². The van der Waals surface area contributed by atoms with Gasteiger partial charge in [0.2, 0.25) is 10.0 Å². The molecule has 2 aromatic heterocycles. The van der Waals surface area contributed by atoms with Gasteiger partial charge in [-0.1, -0.05) is 4.68 Å². The zero-order valence-electron chi connectivity index (χ0n) is 14.9. The molecule has 0 atom stereocenters. The molecule has 2 heterocycles. The van der Waals surface area contributed by atoms with Gasteiger partial charge in [0.05, 0.1) is 12.8 Å². The Labute approximate surface area is 163 Å². The number of rotatable bonds is 7. The van der Waals surface area contributed by atoms with E-state index in [-0.39, 0.29) is 13.1 Å². The third kappa shape index (κ3) is 6.83. The van der Waals surface area contributed by atoms with Gasteiger partial charge in [0.25, 0.3) is 0 Å². The largest absolute Gasteiger partial charge is 0.491 e. The van der Waals surface area contributed by atoms with E-state index in [2.05, 4.69) is 19.8 Å². The average Bonchev–Trinajstić information content (AvgIpc) is 2.64. The molecule has 0 saturated heterocycles. The van der Waals surface area contributed by atoms with E-state index < -0.39 is 34.7 Å². The molecule has 0 aliphatic carbocycles. The maximum absolute atomic E-state index is 12.1. The third-order valence-corrected chi connectivity index (χ3v) is 4.64. The Kier molecular flexibility index (Phi) is 6.92. The molecule has 0 aliphatic heterocycles. The molecule has 0 aliphatic rings. The van der Waals surface area contributed by atoms with Gasteiger partial charge in [-0.3, -0.25) is 4.79 Å². The number of aromatic nitrogens is 4. The van der Waals surface area contributed by atoms with E-state index in [9.17, 15) is 31.2 Å². The lowest BCUT2D eigenvalue weighted by atomic mass is 10.3. The summed E-state index contributed by atoms with van der Waals surface area (Å²) in [6.07, 6.45) is 1.45. The van der Waals surface area contributed by atoms with Crippen LogP contribution in [0.4, 0.5) is 13.2 Å². The van der Waals surface area contributed by atoms with E-state index in [1.54, 1.807) is 24.5 Å². The number of carbonyl (C=O) groups excluding carboxylic acids is 2. The Bertz CT molecular complexity index is 968. The monoisotopic (exact) mass is 434 g/mol. The van der Waals surface area contributed by atoms with E-state index in [4.69, 9.17) is 0 Å². The molecule has 156 valence electrons.